The van der Waals surface area contributed by atoms with Crippen molar-refractivity contribution in [1.82, 2.24) is 0 Å². The molecule has 0 radical (unpaired) electrons. The van der Waals surface area contributed by atoms with E-state index in [0.717, 1.165) is 104 Å². The predicted octanol–water partition coefficient (Wildman–Crippen LogP) is 18.3. The molecule has 8 aromatic carbocycles. The molecular formula is C78H89Cl3N8O18S7-4. The minimum atomic E-state index is -2.61. The second-order valence-electron chi connectivity index (χ2n) is 24.0. The van der Waals surface area contributed by atoms with Gasteiger partial charge in [0.15, 0.2) is 23.0 Å². The van der Waals surface area contributed by atoms with Gasteiger partial charge in [0.2, 0.25) is 14.3 Å². The highest BCUT2D eigenvalue weighted by molar-refractivity contribution is 8.26. The average Bonchev–Trinajstić information content (AvgIpc) is 1.22. The van der Waals surface area contributed by atoms with Gasteiger partial charge >= 0.3 is 5.97 Å². The summed E-state index contributed by atoms with van der Waals surface area (Å²) in [7, 11) is 7.36. The number of para-hydroxylation sites is 4. The number of carboxylic acids is 1. The molecule has 0 aliphatic carbocycles. The number of anilines is 8. The first kappa shape index (κ1) is 97.6. The van der Waals surface area contributed by atoms with Crippen molar-refractivity contribution >= 4 is 179 Å². The molecule has 0 bridgehead atoms. The van der Waals surface area contributed by atoms with Gasteiger partial charge in [-0.3, -0.25) is 26.4 Å². The molecule has 616 valence electrons. The maximum atomic E-state index is 11.7. The summed E-state index contributed by atoms with van der Waals surface area (Å²) in [6.07, 6.45) is 16.1. The van der Waals surface area contributed by atoms with Crippen molar-refractivity contribution in [2.75, 3.05) is 90.8 Å². The van der Waals surface area contributed by atoms with Crippen LogP contribution in [0.15, 0.2) is 194 Å². The molecule has 26 nitrogen and oxygen atoms in total. The standard InChI is InChI=1S/C17H17ClN2O4S.C17H18N2O5S.2C17H18N2O4S2.2C4H8.CH4.CH3.Cl2OS/c18-17(21)12-10-14(19-25(22)23)16(24-13-6-2-1-3-7-13)15(11-12)20-8-4-5-9-20;20-17(21)12-10-14(18-25(22)23)16(24-13-6-2-1-3-7-13)15(11-12)19-8-4-5-9-19;2*20-17(24)12-10-14(18-25(21)22)16(23-13-6-2-1-3-7-13)15(11-12)19-8-4-5-9-19;2*1-3-4-2;;;1-4(2)3/h1-3,6-7,10-11,19H,4-5,8-9H2,(H,22,23);1-3,6-7,10-11,18H,4-5,8-9H2,(H,20,21)(H,22,23);2*1-3,6-7,10-11,18H,4-5,8-9H2,(H,20,24)(H,21,22);2*3-4H,1-2H3;1H4;1H3;/q;;;;;;;+1;/p-5. The topological polar surface area (TPSA) is 364 Å². The number of aromatic carboxylic acids is 1. The molecule has 12 rings (SSSR count). The third-order valence-corrected chi connectivity index (χ3v) is 18.6. The molecule has 5 N–H and O–H groups in total. The van der Waals surface area contributed by atoms with Gasteiger partial charge in [-0.05, 0) is 193 Å². The Morgan fingerprint density at radius 2 is 0.623 bits per heavy atom. The molecule has 0 saturated carbocycles. The maximum Gasteiger partial charge on any atom is 0.335 e. The van der Waals surface area contributed by atoms with Crippen LogP contribution in [-0.4, -0.2) is 118 Å². The van der Waals surface area contributed by atoms with Crippen molar-refractivity contribution < 1.29 is 82.5 Å². The van der Waals surface area contributed by atoms with E-state index in [9.17, 15) is 59.3 Å². The largest absolute Gasteiger partial charge is 0.755 e. The predicted molar refractivity (Wildman–Crippen MR) is 464 cm³/mol. The maximum absolute atomic E-state index is 11.7. The van der Waals surface area contributed by atoms with Gasteiger partial charge in [-0.2, -0.15) is 0 Å². The number of thiol groups is 1. The molecule has 4 atom stereocenters. The fourth-order valence-corrected chi connectivity index (χ4v) is 12.9. The molecule has 4 fully saturated rings. The Balaban J connectivity index is 0.000000303. The van der Waals surface area contributed by atoms with Crippen LogP contribution in [0.1, 0.15) is 128 Å². The Labute approximate surface area is 703 Å². The average molecular weight is 1760 g/mol. The first-order chi connectivity index (χ1) is 53.7. The molecule has 4 aliphatic heterocycles. The molecule has 4 unspecified atom stereocenters. The van der Waals surface area contributed by atoms with Crippen LogP contribution in [0.4, 0.5) is 45.5 Å². The summed E-state index contributed by atoms with van der Waals surface area (Å²) < 4.78 is 132. The second kappa shape index (κ2) is 51.9. The second-order valence-corrected chi connectivity index (χ2v) is 30.3. The van der Waals surface area contributed by atoms with E-state index < -0.39 is 75.7 Å². The van der Waals surface area contributed by atoms with E-state index in [1.807, 2.05) is 118 Å². The van der Waals surface area contributed by atoms with E-state index in [4.69, 9.17) is 47.4 Å². The van der Waals surface area contributed by atoms with E-state index in [2.05, 4.69) is 67.6 Å². The van der Waals surface area contributed by atoms with E-state index in [1.54, 1.807) is 78.9 Å². The van der Waals surface area contributed by atoms with Gasteiger partial charge in [0.1, 0.15) is 23.0 Å². The minimum absolute atomic E-state index is 0. The SMILES string of the molecule is C.CC=CC.CC=CC.O=C(Cl)c1cc(NS(=O)[O-])c(Oc2ccccc2)c(N2CCCC2)c1.O=C(O)c1cc(NS(=O)[O-])c(Oc2ccccc2)c(N2CCCC2)c1.O=C(S)c1cc(NS(=O)[O-])c(Oc2ccccc2)c(N2CCCC2)c1.O=C([S-])c1cc(NS(=O)[O-])c(Oc2ccccc2)c(N2CCCC2)c1.O=S(Cl)Cl.[CH3+]. The first-order valence-corrected chi connectivity index (χ1v) is 42.9. The van der Waals surface area contributed by atoms with Crippen LogP contribution in [-0.2, 0) is 66.9 Å². The summed E-state index contributed by atoms with van der Waals surface area (Å²) in [4.78, 5) is 54.7. The van der Waals surface area contributed by atoms with Crippen molar-refractivity contribution in [3.05, 3.63) is 224 Å². The molecule has 4 aliphatic rings. The van der Waals surface area contributed by atoms with E-state index in [0.29, 0.717) is 74.3 Å². The van der Waals surface area contributed by atoms with Crippen molar-refractivity contribution in [2.24, 2.45) is 0 Å². The first-order valence-electron chi connectivity index (χ1n) is 34.6. The molecule has 114 heavy (non-hydrogen) atoms. The summed E-state index contributed by atoms with van der Waals surface area (Å²) >= 11 is 3.95. The number of nitrogens with zero attached hydrogens (tertiary/aromatic N) is 4. The Bertz CT molecular complexity index is 4010. The lowest BCUT2D eigenvalue weighted by Gasteiger charge is -2.25. The fourth-order valence-electron chi connectivity index (χ4n) is 11.2. The Kier molecular flexibility index (Phi) is 44.5. The molecule has 8 aromatic rings. The van der Waals surface area contributed by atoms with Crippen LogP contribution in [0.2, 0.25) is 0 Å². The van der Waals surface area contributed by atoms with Gasteiger partial charge < -0.3 is 98.2 Å². The van der Waals surface area contributed by atoms with Gasteiger partial charge in [-0.15, -0.1) is 12.6 Å². The molecule has 0 amide bonds. The molecule has 0 spiro atoms. The van der Waals surface area contributed by atoms with E-state index in [-0.39, 0.29) is 54.3 Å². The number of carbonyl (C=O) groups is 4. The molecular weight excluding hydrogens is 1670 g/mol. The fraction of sp³-hybridized carbons (Fsp3) is 0.269. The Hall–Kier alpha value is -8.78. The van der Waals surface area contributed by atoms with Gasteiger partial charge in [-0.25, -0.2) is 9.00 Å². The van der Waals surface area contributed by atoms with Crippen molar-refractivity contribution in [3.63, 3.8) is 0 Å². The number of carbonyl (C=O) groups excluding carboxylic acids is 3. The number of hydrogen-bond acceptors (Lipinski definition) is 22. The van der Waals surface area contributed by atoms with Crippen molar-refractivity contribution in [2.45, 2.75) is 86.5 Å². The van der Waals surface area contributed by atoms with Crippen LogP contribution in [0.3, 0.4) is 0 Å². The van der Waals surface area contributed by atoms with Crippen molar-refractivity contribution in [3.8, 4) is 46.0 Å². The molecule has 0 aromatic heterocycles. The highest BCUT2D eigenvalue weighted by atomic mass is 36.0. The zero-order chi connectivity index (χ0) is 81.7. The number of hydrogen-bond donors (Lipinski definition) is 6. The van der Waals surface area contributed by atoms with Gasteiger partial charge in [0.25, 0.3) is 5.24 Å². The molecule has 4 heterocycles. The Morgan fingerprint density at radius 1 is 0.412 bits per heavy atom. The van der Waals surface area contributed by atoms with Gasteiger partial charge in [0, 0.05) is 142 Å². The van der Waals surface area contributed by atoms with Gasteiger partial charge in [0.05, 0.1) is 51.1 Å². The molecule has 36 heteroatoms. The number of halogens is 3. The number of carboxylic acid groups (broad SMARTS) is 1. The molecule has 4 saturated heterocycles. The van der Waals surface area contributed by atoms with Crippen LogP contribution < -0.4 is 57.4 Å². The lowest BCUT2D eigenvalue weighted by atomic mass is 10.1. The van der Waals surface area contributed by atoms with Crippen LogP contribution in [0, 0.1) is 7.43 Å². The number of benzene rings is 8. The number of allylic oxidation sites excluding steroid dienone is 4. The lowest BCUT2D eigenvalue weighted by molar-refractivity contribution is 0.0696. The highest BCUT2D eigenvalue weighted by Gasteiger charge is 2.28. The number of rotatable bonds is 24. The number of nitrogens with one attached hydrogen (secondary N) is 4. The zero-order valence-corrected chi connectivity index (χ0v) is 70.1. The summed E-state index contributed by atoms with van der Waals surface area (Å²) in [5.74, 6) is 2.48. The zero-order valence-electron chi connectivity index (χ0n) is 62.0. The lowest BCUT2D eigenvalue weighted by Crippen LogP contribution is -2.20. The minimum Gasteiger partial charge on any atom is -0.755 e. The van der Waals surface area contributed by atoms with Crippen LogP contribution in [0.5, 0.6) is 46.0 Å². The normalized spacial score (nSPS) is 14.1. The third-order valence-electron chi connectivity index (χ3n) is 16.3. The highest BCUT2D eigenvalue weighted by Crippen LogP contribution is 2.47. The summed E-state index contributed by atoms with van der Waals surface area (Å²) in [5, 5.41) is 7.70. The third kappa shape index (κ3) is 32.8. The monoisotopic (exact) mass is 1750 g/mol. The number of ether oxygens (including phenoxy) is 4. The summed E-state index contributed by atoms with van der Waals surface area (Å²) in [6.45, 7) is 14.4. The van der Waals surface area contributed by atoms with E-state index >= 15 is 0 Å². The quantitative estimate of drug-likeness (QED) is 0.00817. The van der Waals surface area contributed by atoms with E-state index in [1.165, 1.54) is 30.3 Å². The van der Waals surface area contributed by atoms with Gasteiger partial charge in [-0.1, -0.05) is 105 Å². The summed E-state index contributed by atoms with van der Waals surface area (Å²) in [6, 6.07) is 48.1. The Morgan fingerprint density at radius 3 is 0.833 bits per heavy atom. The van der Waals surface area contributed by atoms with Crippen LogP contribution >= 0.6 is 45.6 Å². The van der Waals surface area contributed by atoms with Crippen molar-refractivity contribution in [1.29, 1.82) is 0 Å². The smallest absolute Gasteiger partial charge is 0.335 e. The van der Waals surface area contributed by atoms with Crippen LogP contribution in [0.25, 0.3) is 0 Å². The summed E-state index contributed by atoms with van der Waals surface area (Å²) in [5.41, 5.74) is 3.96.